The second kappa shape index (κ2) is 7.66. The average Bonchev–Trinajstić information content (AvgIpc) is 3.41. The van der Waals surface area contributed by atoms with Crippen molar-refractivity contribution >= 4 is 46.4 Å². The Morgan fingerprint density at radius 2 is 0.815 bits per heavy atom. The number of nitrogens with one attached hydrogen (secondary N) is 2. The van der Waals surface area contributed by atoms with E-state index in [4.69, 9.17) is 6.65 Å². The summed E-state index contributed by atoms with van der Waals surface area (Å²) in [5, 5.41) is 0. The summed E-state index contributed by atoms with van der Waals surface area (Å²) in [5.41, 5.74) is 7.86. The van der Waals surface area contributed by atoms with Gasteiger partial charge in [0.25, 0.3) is 0 Å². The Kier molecular flexibility index (Phi) is 4.91. The molecule has 130 valence electrons. The molecule has 0 spiro atoms. The molecule has 27 heavy (non-hydrogen) atoms. The molecule has 0 radical (unpaired) electrons. The summed E-state index contributed by atoms with van der Waals surface area (Å²) in [6.45, 7) is 0. The maximum atomic E-state index is 8.50. The monoisotopic (exact) mass is 390 g/mol. The molecular formula is C20H14N4O2Ti. The van der Waals surface area contributed by atoms with E-state index >= 15 is 0 Å². The van der Waals surface area contributed by atoms with Crippen molar-refractivity contribution in [1.29, 1.82) is 0 Å². The van der Waals surface area contributed by atoms with Crippen LogP contribution in [0.5, 0.6) is 0 Å². The van der Waals surface area contributed by atoms with Gasteiger partial charge in [-0.05, 0) is 72.8 Å². The van der Waals surface area contributed by atoms with Crippen molar-refractivity contribution in [2.45, 2.75) is 0 Å². The van der Waals surface area contributed by atoms with Crippen molar-refractivity contribution in [1.82, 2.24) is 19.9 Å². The third kappa shape index (κ3) is 4.19. The number of aromatic amines is 2. The van der Waals surface area contributed by atoms with Gasteiger partial charge in [-0.1, -0.05) is 0 Å². The van der Waals surface area contributed by atoms with E-state index in [9.17, 15) is 0 Å². The molecule has 8 bridgehead atoms. The number of H-pyrrole nitrogens is 2. The fraction of sp³-hybridized carbons (Fsp3) is 0. The van der Waals surface area contributed by atoms with Gasteiger partial charge in [-0.25, -0.2) is 9.97 Å². The van der Waals surface area contributed by atoms with Gasteiger partial charge in [0.2, 0.25) is 0 Å². The molecule has 2 aliphatic heterocycles. The summed E-state index contributed by atoms with van der Waals surface area (Å²) in [5.74, 6) is 0. The van der Waals surface area contributed by atoms with Gasteiger partial charge in [0.1, 0.15) is 0 Å². The Hall–Kier alpha value is -3.09. The van der Waals surface area contributed by atoms with Crippen LogP contribution in [0.3, 0.4) is 0 Å². The molecule has 5 heterocycles. The molecule has 0 amide bonds. The molecule has 3 aromatic rings. The van der Waals surface area contributed by atoms with E-state index in [0.29, 0.717) is 0 Å². The van der Waals surface area contributed by atoms with Crippen molar-refractivity contribution in [3.05, 3.63) is 71.3 Å². The van der Waals surface area contributed by atoms with E-state index in [1.807, 2.05) is 48.6 Å². The molecule has 2 N–H and O–H groups in total. The van der Waals surface area contributed by atoms with Crippen LogP contribution < -0.4 is 0 Å². The van der Waals surface area contributed by atoms with Crippen molar-refractivity contribution in [2.24, 2.45) is 0 Å². The van der Waals surface area contributed by atoms with Gasteiger partial charge in [-0.2, -0.15) is 0 Å². The first-order valence-corrected chi connectivity index (χ1v) is 9.53. The number of rotatable bonds is 0. The molecule has 0 saturated carbocycles. The minimum atomic E-state index is -2.00. The van der Waals surface area contributed by atoms with Crippen LogP contribution in [-0.4, -0.2) is 19.9 Å². The third-order valence-electron chi connectivity index (χ3n) is 4.04. The van der Waals surface area contributed by atoms with Crippen molar-refractivity contribution in [2.75, 3.05) is 0 Å². The van der Waals surface area contributed by atoms with Gasteiger partial charge >= 0.3 is 25.7 Å². The van der Waals surface area contributed by atoms with Gasteiger partial charge in [-0.3, -0.25) is 0 Å². The molecule has 2 aliphatic rings. The molecule has 0 aliphatic carbocycles. The van der Waals surface area contributed by atoms with Crippen LogP contribution in [0.4, 0.5) is 0 Å². The molecule has 0 unspecified atom stereocenters. The Morgan fingerprint density at radius 1 is 0.556 bits per heavy atom. The maximum absolute atomic E-state index is 8.50. The molecule has 0 fully saturated rings. The van der Waals surface area contributed by atoms with Gasteiger partial charge in [-0.15, -0.1) is 0 Å². The fourth-order valence-corrected chi connectivity index (χ4v) is 2.94. The molecule has 7 heteroatoms. The number of fused-ring (bicyclic) bond motifs is 8. The van der Waals surface area contributed by atoms with Crippen LogP contribution in [0.1, 0.15) is 22.8 Å². The van der Waals surface area contributed by atoms with Crippen LogP contribution in [0.25, 0.3) is 46.4 Å². The van der Waals surface area contributed by atoms with Crippen LogP contribution in [0.15, 0.2) is 48.5 Å². The molecule has 0 aromatic carbocycles. The summed E-state index contributed by atoms with van der Waals surface area (Å²) in [7, 11) is 0. The normalized spacial score (nSPS) is 11.6. The predicted octanol–water partition coefficient (Wildman–Crippen LogP) is 4.42. The van der Waals surface area contributed by atoms with Crippen LogP contribution >= 0.6 is 0 Å². The number of nitrogens with zero attached hydrogens (tertiary/aromatic N) is 2. The van der Waals surface area contributed by atoms with Gasteiger partial charge in [0, 0.05) is 22.1 Å². The fourth-order valence-electron chi connectivity index (χ4n) is 2.94. The van der Waals surface area contributed by atoms with Crippen molar-refractivity contribution in [3.63, 3.8) is 0 Å². The van der Waals surface area contributed by atoms with E-state index in [1.165, 1.54) is 0 Å². The minimum absolute atomic E-state index is 0.939. The summed E-state index contributed by atoms with van der Waals surface area (Å²) in [6.07, 6.45) is 8.09. The first-order valence-electron chi connectivity index (χ1n) is 8.25. The van der Waals surface area contributed by atoms with Crippen molar-refractivity contribution in [3.8, 4) is 0 Å². The zero-order valence-corrected chi connectivity index (χ0v) is 15.7. The quantitative estimate of drug-likeness (QED) is 0.383. The van der Waals surface area contributed by atoms with E-state index < -0.39 is 19.1 Å². The zero-order valence-electron chi connectivity index (χ0n) is 14.1. The third-order valence-corrected chi connectivity index (χ3v) is 4.04. The first kappa shape index (κ1) is 17.3. The SMILES string of the molecule is C1=Cc2cc3ccc(cc4nc(cc5ccc(cc1n2)[nH]5)C=C4)[nH]3.[O]=[Ti]=[O]. The zero-order chi connectivity index (χ0) is 18.6. The second-order valence-corrected chi connectivity index (χ2v) is 6.25. The molecule has 5 rings (SSSR count). The Bertz CT molecular complexity index is 1090. The van der Waals surface area contributed by atoms with Crippen LogP contribution in [0.2, 0.25) is 0 Å². The van der Waals surface area contributed by atoms with Crippen molar-refractivity contribution < 1.29 is 25.7 Å². The number of hydrogen-bond donors (Lipinski definition) is 2. The first-order chi connectivity index (χ1) is 13.2. The Morgan fingerprint density at radius 3 is 1.07 bits per heavy atom. The summed E-state index contributed by atoms with van der Waals surface area (Å²) in [4.78, 5) is 16.0. The summed E-state index contributed by atoms with van der Waals surface area (Å²) in [6, 6.07) is 16.4. The van der Waals surface area contributed by atoms with E-state index in [1.54, 1.807) is 0 Å². The van der Waals surface area contributed by atoms with Crippen LogP contribution in [0, 0.1) is 0 Å². The summed E-state index contributed by atoms with van der Waals surface area (Å²) >= 11 is -2.00. The average molecular weight is 390 g/mol. The van der Waals surface area contributed by atoms with Gasteiger partial charge in [0.05, 0.1) is 22.8 Å². The number of hydrogen-bond acceptors (Lipinski definition) is 4. The molecule has 0 saturated heterocycles. The van der Waals surface area contributed by atoms with E-state index in [0.717, 1.165) is 44.8 Å². The molecule has 3 aromatic heterocycles. The van der Waals surface area contributed by atoms with E-state index in [-0.39, 0.29) is 0 Å². The van der Waals surface area contributed by atoms with Gasteiger partial charge < -0.3 is 9.97 Å². The molecular weight excluding hydrogens is 376 g/mol. The Balaban J connectivity index is 0.000000565. The summed E-state index contributed by atoms with van der Waals surface area (Å²) < 4.78 is 17.0. The Labute approximate surface area is 163 Å². The van der Waals surface area contributed by atoms with E-state index in [2.05, 4.69) is 44.2 Å². The predicted molar refractivity (Wildman–Crippen MR) is 100 cm³/mol. The second-order valence-electron chi connectivity index (χ2n) is 5.99. The molecule has 0 atom stereocenters. The molecule has 6 nitrogen and oxygen atoms in total. The van der Waals surface area contributed by atoms with Crippen LogP contribution in [-0.2, 0) is 25.7 Å². The van der Waals surface area contributed by atoms with Gasteiger partial charge in [0.15, 0.2) is 0 Å². The number of aromatic nitrogens is 4. The standard InChI is InChI=1S/C20H14N4.2O.Ti/c1-2-14-10-16-5-6-18(23-16)12-20-8-7-19(24-20)11-17-4-3-15(22-17)9-13(1)21-14;;;/h1-12,21,24H;;;. The topological polar surface area (TPSA) is 91.5 Å².